The minimum absolute atomic E-state index is 0.219. The normalized spacial score (nSPS) is 21.8. The first-order valence-electron chi connectivity index (χ1n) is 7.12. The van der Waals surface area contributed by atoms with Gasteiger partial charge in [0.05, 0.1) is 12.7 Å². The van der Waals surface area contributed by atoms with Crippen molar-refractivity contribution in [2.45, 2.75) is 45.1 Å². The maximum Gasteiger partial charge on any atom is 0.338 e. The Labute approximate surface area is 115 Å². The largest absolute Gasteiger partial charge is 0.465 e. The number of ether oxygens (including phenoxy) is 1. The van der Waals surface area contributed by atoms with Crippen molar-refractivity contribution < 1.29 is 9.53 Å². The van der Waals surface area contributed by atoms with Gasteiger partial charge in [0.1, 0.15) is 0 Å². The molecule has 1 N–H and O–H groups in total. The summed E-state index contributed by atoms with van der Waals surface area (Å²) < 4.78 is 4.87. The summed E-state index contributed by atoms with van der Waals surface area (Å²) in [7, 11) is 1.44. The molecule has 0 heterocycles. The van der Waals surface area contributed by atoms with E-state index in [-0.39, 0.29) is 5.97 Å². The molecule has 2 rings (SSSR count). The minimum atomic E-state index is -0.219. The van der Waals surface area contributed by atoms with E-state index in [1.807, 2.05) is 12.1 Å². The van der Waals surface area contributed by atoms with Gasteiger partial charge >= 0.3 is 5.97 Å². The maximum absolute atomic E-state index is 11.8. The number of hydrogen-bond donors (Lipinski definition) is 1. The second-order valence-electron chi connectivity index (χ2n) is 5.25. The van der Waals surface area contributed by atoms with Crippen molar-refractivity contribution in [3.8, 4) is 0 Å². The van der Waals surface area contributed by atoms with E-state index in [1.54, 1.807) is 0 Å². The number of carbonyl (C=O) groups excluding carboxylic acids is 1. The van der Waals surface area contributed by atoms with Gasteiger partial charge in [0.15, 0.2) is 0 Å². The summed E-state index contributed by atoms with van der Waals surface area (Å²) in [6.07, 6.45) is 3.19. The van der Waals surface area contributed by atoms with Crippen LogP contribution in [0.4, 0.5) is 0 Å². The quantitative estimate of drug-likeness (QED) is 0.847. The Hall–Kier alpha value is -1.35. The first-order valence-corrected chi connectivity index (χ1v) is 7.12. The Balaban J connectivity index is 2.27. The highest BCUT2D eigenvalue weighted by Crippen LogP contribution is 2.33. The van der Waals surface area contributed by atoms with Gasteiger partial charge < -0.3 is 10.1 Å². The molecule has 0 aliphatic heterocycles. The van der Waals surface area contributed by atoms with Crippen LogP contribution in [0, 0.1) is 0 Å². The Kier molecular flexibility index (Phi) is 4.59. The van der Waals surface area contributed by atoms with Gasteiger partial charge in [-0.25, -0.2) is 4.79 Å². The minimum Gasteiger partial charge on any atom is -0.465 e. The molecule has 1 aliphatic carbocycles. The Morgan fingerprint density at radius 1 is 1.47 bits per heavy atom. The van der Waals surface area contributed by atoms with E-state index in [0.717, 1.165) is 31.4 Å². The Bertz CT molecular complexity index is 456. The highest BCUT2D eigenvalue weighted by Gasteiger charge is 2.28. The fraction of sp³-hybridized carbons (Fsp3) is 0.562. The lowest BCUT2D eigenvalue weighted by molar-refractivity contribution is 0.0599. The predicted molar refractivity (Wildman–Crippen MR) is 76.6 cm³/mol. The van der Waals surface area contributed by atoms with Gasteiger partial charge in [-0.3, -0.25) is 0 Å². The second-order valence-corrected chi connectivity index (χ2v) is 5.25. The number of hydrogen-bond acceptors (Lipinski definition) is 3. The summed E-state index contributed by atoms with van der Waals surface area (Å²) in [4.78, 5) is 11.8. The molecule has 0 fully saturated rings. The van der Waals surface area contributed by atoms with Crippen LogP contribution in [-0.4, -0.2) is 25.7 Å². The van der Waals surface area contributed by atoms with Gasteiger partial charge in [-0.2, -0.15) is 0 Å². The van der Waals surface area contributed by atoms with Gasteiger partial charge in [-0.15, -0.1) is 0 Å². The van der Waals surface area contributed by atoms with E-state index < -0.39 is 0 Å². The molecule has 0 amide bonds. The molecule has 0 spiro atoms. The molecular formula is C16H23NO2. The first kappa shape index (κ1) is 14.1. The van der Waals surface area contributed by atoms with Crippen molar-refractivity contribution in [3.05, 3.63) is 34.9 Å². The first-order chi connectivity index (χ1) is 9.19. The van der Waals surface area contributed by atoms with Crippen LogP contribution in [0.2, 0.25) is 0 Å². The number of rotatable bonds is 4. The smallest absolute Gasteiger partial charge is 0.338 e. The molecule has 0 saturated carbocycles. The number of esters is 1. The molecule has 0 radical (unpaired) electrons. The Morgan fingerprint density at radius 3 is 2.95 bits per heavy atom. The molecular weight excluding hydrogens is 238 g/mol. The van der Waals surface area contributed by atoms with Gasteiger partial charge in [0.2, 0.25) is 0 Å². The van der Waals surface area contributed by atoms with Crippen LogP contribution in [0.25, 0.3) is 0 Å². The summed E-state index contributed by atoms with van der Waals surface area (Å²) in [5, 5.41) is 3.61. The number of benzene rings is 1. The summed E-state index contributed by atoms with van der Waals surface area (Å²) >= 11 is 0. The molecule has 3 heteroatoms. The molecule has 1 aromatic carbocycles. The van der Waals surface area contributed by atoms with E-state index in [1.165, 1.54) is 18.2 Å². The van der Waals surface area contributed by atoms with Crippen LogP contribution in [0.1, 0.15) is 54.1 Å². The highest BCUT2D eigenvalue weighted by molar-refractivity contribution is 5.91. The van der Waals surface area contributed by atoms with Crippen LogP contribution in [0.3, 0.4) is 0 Å². The molecule has 0 unspecified atom stereocenters. The lowest BCUT2D eigenvalue weighted by atomic mass is 9.78. The standard InChI is InChI=1S/C16H23NO2/c1-4-10-17-15-9-8-13-12(11(15)2)6-5-7-14(13)16(18)19-3/h5-7,11,15,17H,4,8-10H2,1-3H3/t11-,15+/m0/s1. The number of fused-ring (bicyclic) bond motifs is 1. The Morgan fingerprint density at radius 2 is 2.26 bits per heavy atom. The van der Waals surface area contributed by atoms with Gasteiger partial charge in [-0.05, 0) is 48.9 Å². The predicted octanol–water partition coefficient (Wildman–Crippen LogP) is 2.89. The third-order valence-electron chi connectivity index (χ3n) is 4.07. The van der Waals surface area contributed by atoms with Crippen molar-refractivity contribution in [3.63, 3.8) is 0 Å². The van der Waals surface area contributed by atoms with E-state index in [9.17, 15) is 4.79 Å². The van der Waals surface area contributed by atoms with Crippen molar-refractivity contribution in [1.82, 2.24) is 5.32 Å². The zero-order valence-electron chi connectivity index (χ0n) is 12.0. The number of methoxy groups -OCH3 is 1. The summed E-state index contributed by atoms with van der Waals surface area (Å²) in [5.41, 5.74) is 3.21. The fourth-order valence-electron chi connectivity index (χ4n) is 2.99. The van der Waals surface area contributed by atoms with E-state index >= 15 is 0 Å². The highest BCUT2D eigenvalue weighted by atomic mass is 16.5. The van der Waals surface area contributed by atoms with E-state index in [0.29, 0.717) is 12.0 Å². The van der Waals surface area contributed by atoms with Gasteiger partial charge in [-0.1, -0.05) is 26.0 Å². The molecule has 0 bridgehead atoms. The van der Waals surface area contributed by atoms with Crippen molar-refractivity contribution >= 4 is 5.97 Å². The third kappa shape index (κ3) is 2.81. The summed E-state index contributed by atoms with van der Waals surface area (Å²) in [5.74, 6) is 0.226. The van der Waals surface area contributed by atoms with Crippen molar-refractivity contribution in [1.29, 1.82) is 0 Å². The fourth-order valence-corrected chi connectivity index (χ4v) is 2.99. The average molecular weight is 261 g/mol. The molecule has 1 aromatic rings. The lowest BCUT2D eigenvalue weighted by Crippen LogP contribution is -2.38. The topological polar surface area (TPSA) is 38.3 Å². The molecule has 3 nitrogen and oxygen atoms in total. The second kappa shape index (κ2) is 6.20. The van der Waals surface area contributed by atoms with Crippen LogP contribution in [0.15, 0.2) is 18.2 Å². The van der Waals surface area contributed by atoms with Crippen LogP contribution < -0.4 is 5.32 Å². The lowest BCUT2D eigenvalue weighted by Gasteiger charge is -2.33. The molecule has 0 saturated heterocycles. The van der Waals surface area contributed by atoms with E-state index in [4.69, 9.17) is 4.74 Å². The molecule has 0 aromatic heterocycles. The van der Waals surface area contributed by atoms with Crippen molar-refractivity contribution in [2.75, 3.05) is 13.7 Å². The summed E-state index contributed by atoms with van der Waals surface area (Å²) in [6.45, 7) is 5.48. The average Bonchev–Trinajstić information content (AvgIpc) is 2.45. The third-order valence-corrected chi connectivity index (χ3v) is 4.07. The molecule has 104 valence electrons. The van der Waals surface area contributed by atoms with Crippen LogP contribution in [0.5, 0.6) is 0 Å². The number of carbonyl (C=O) groups is 1. The number of nitrogens with one attached hydrogen (secondary N) is 1. The van der Waals surface area contributed by atoms with Gasteiger partial charge in [0.25, 0.3) is 0 Å². The van der Waals surface area contributed by atoms with Gasteiger partial charge in [0, 0.05) is 6.04 Å². The zero-order chi connectivity index (χ0) is 13.8. The molecule has 1 aliphatic rings. The molecule has 2 atom stereocenters. The van der Waals surface area contributed by atoms with E-state index in [2.05, 4.69) is 25.2 Å². The van der Waals surface area contributed by atoms with Crippen molar-refractivity contribution in [2.24, 2.45) is 0 Å². The SMILES string of the molecule is CCCN[C@@H]1CCc2c(C(=O)OC)cccc2[C@@H]1C. The summed E-state index contributed by atoms with van der Waals surface area (Å²) in [6, 6.07) is 6.49. The zero-order valence-corrected chi connectivity index (χ0v) is 12.0. The molecule has 19 heavy (non-hydrogen) atoms. The monoisotopic (exact) mass is 261 g/mol. The van der Waals surface area contributed by atoms with Crippen LogP contribution >= 0.6 is 0 Å². The maximum atomic E-state index is 11.8. The van der Waals surface area contributed by atoms with Crippen LogP contribution in [-0.2, 0) is 11.2 Å².